The summed E-state index contributed by atoms with van der Waals surface area (Å²) in [6, 6.07) is 41.4. The number of benzene rings is 10. The molecule has 0 spiro atoms. The molecular formula is C100H100F10N20O6S6. The van der Waals surface area contributed by atoms with Gasteiger partial charge in [0.1, 0.15) is 110 Å². The van der Waals surface area contributed by atoms with E-state index in [1.54, 1.807) is 60.7 Å². The molecule has 142 heavy (non-hydrogen) atoms. The van der Waals surface area contributed by atoms with E-state index < -0.39 is 41.1 Å². The van der Waals surface area contributed by atoms with Crippen LogP contribution in [-0.4, -0.2) is 124 Å². The van der Waals surface area contributed by atoms with Crippen LogP contribution in [0.1, 0.15) is 112 Å². The van der Waals surface area contributed by atoms with Crippen LogP contribution in [0.5, 0.6) is 23.0 Å². The summed E-state index contributed by atoms with van der Waals surface area (Å²) in [7, 11) is -1.36. The van der Waals surface area contributed by atoms with Gasteiger partial charge in [-0.05, 0) is 242 Å². The lowest BCUT2D eigenvalue weighted by Gasteiger charge is -2.15. The molecule has 0 fully saturated rings. The number of hydrogen-bond donors (Lipinski definition) is 5. The number of sulfone groups is 1. The molecule has 0 saturated carbocycles. The van der Waals surface area contributed by atoms with E-state index in [1.807, 2.05) is 124 Å². The second kappa shape index (κ2) is 41.6. The Hall–Kier alpha value is -13.6. The van der Waals surface area contributed by atoms with Gasteiger partial charge in [0.15, 0.2) is 35.5 Å². The standard InChI is InChI=1S/C21H24N4O3S2.C20H18F4N4OS.C20H18F4N4S.C20H21FN4OS.C19H19FN4OS/c1-6-25-13(4)22-15-8-10-18-19(20(15)25)24-21(29-18)23-16-11-14(30(5,26)27)7-9-17(16)28-12(2)3;1-10(2)29-15-6-4-12(21)8-14(15)26-19-27-17-16(30-19)7-5-13-18(17)28(11(3)25-13)9-20(22,23)24;1-11(2)7-12-3-4-13(21)8-15(12)26-19-27-17-16(29-19)6-5-14-18(17)28(10-25-14)9-20(22,23)24;1-5-25-12(4)22-14-7-9-17-18(19(14)25)24-20(27-17)23-15-10-13(21)6-8-16(15)26-11(2)3;1-10(2)25-15-7-5-12(20)9-14(15)22-19-23-17-16(26-19)8-6-13-18(17)24(4)11(3)21-13/h7-12H,6H2,1-5H3,(H,23,24);4-8,10H,9H2,1-3H3,(H,26,27);3-6,8,10-11H,7,9H2,1-2H3,(H,26,27);6-11H,5H2,1-4H3,(H,23,24);5-10H,1-4H3,(H,22,23). The first-order chi connectivity index (χ1) is 67.3. The molecule has 0 aliphatic carbocycles. The lowest BCUT2D eigenvalue weighted by Crippen LogP contribution is -2.18. The van der Waals surface area contributed by atoms with Crippen molar-refractivity contribution in [3.05, 3.63) is 210 Å². The fraction of sp³-hybridized carbons (Fsp3) is 0.300. The van der Waals surface area contributed by atoms with Gasteiger partial charge in [0.05, 0.1) is 137 Å². The number of rotatable bonds is 25. The van der Waals surface area contributed by atoms with Crippen molar-refractivity contribution < 1.29 is 71.3 Å². The first kappa shape index (κ1) is 101. The summed E-state index contributed by atoms with van der Waals surface area (Å²) in [5, 5.41) is 18.8. The number of hydrogen-bond acceptors (Lipinski definition) is 26. The zero-order chi connectivity index (χ0) is 102. The zero-order valence-electron chi connectivity index (χ0n) is 80.3. The van der Waals surface area contributed by atoms with Gasteiger partial charge in [-0.15, -0.1) is 0 Å². The monoisotopic (exact) mass is 2060 g/mol. The third-order valence-electron chi connectivity index (χ3n) is 22.0. The van der Waals surface area contributed by atoms with Crippen LogP contribution in [0.15, 0.2) is 163 Å². The predicted octanol–water partition coefficient (Wildman–Crippen LogP) is 28.2. The quantitative estimate of drug-likeness (QED) is 0.0332. The number of ether oxygens (including phenoxy) is 4. The van der Waals surface area contributed by atoms with Crippen LogP contribution in [0.4, 0.5) is 98.0 Å². The van der Waals surface area contributed by atoms with Gasteiger partial charge in [0.25, 0.3) is 0 Å². The minimum atomic E-state index is -4.39. The number of halogens is 10. The number of aromatic nitrogens is 15. The molecule has 10 aromatic carbocycles. The second-order valence-corrected chi connectivity index (χ2v) is 42.1. The van der Waals surface area contributed by atoms with Gasteiger partial charge in [0, 0.05) is 50.3 Å². The van der Waals surface area contributed by atoms with E-state index >= 15 is 0 Å². The van der Waals surface area contributed by atoms with Crippen LogP contribution in [0.25, 0.3) is 106 Å². The average Bonchev–Trinajstić information content (AvgIpc) is 1.55. The number of nitrogens with zero attached hydrogens (tertiary/aromatic N) is 15. The van der Waals surface area contributed by atoms with Gasteiger partial charge < -0.3 is 68.4 Å². The van der Waals surface area contributed by atoms with Crippen LogP contribution < -0.4 is 45.5 Å². The SMILES string of the molecule is CC(C)Cc1ccc(F)cc1Nc1nc2c(ccc3ncn(CC(F)(F)F)c32)s1.CCn1c(C)nc2ccc3sc(Nc4cc(F)ccc4OC(C)C)nc3c21.CCn1c(C)nc2ccc3sc(Nc4cc(S(C)(=O)=O)ccc4OC(C)C)nc3c21.Cc1nc2ccc3sc(Nc4cc(F)ccc4OC(C)C)nc3c2n1C.Cc1nc2ccc3sc(Nc4cc(F)ccc4OC(C)C)nc3c2n1CC(F)(F)F. The van der Waals surface area contributed by atoms with E-state index in [0.717, 1.165) is 120 Å². The maximum absolute atomic E-state index is 13.8. The third-order valence-corrected chi connectivity index (χ3v) is 27.8. The number of imidazole rings is 5. The summed E-state index contributed by atoms with van der Waals surface area (Å²) in [6.45, 7) is 30.5. The van der Waals surface area contributed by atoms with Crippen molar-refractivity contribution in [1.82, 2.24) is 72.7 Å². The van der Waals surface area contributed by atoms with Gasteiger partial charge in [-0.1, -0.05) is 76.6 Å². The molecule has 0 atom stereocenters. The molecule has 742 valence electrons. The van der Waals surface area contributed by atoms with Gasteiger partial charge in [-0.2, -0.15) is 26.3 Å². The maximum atomic E-state index is 13.8. The predicted molar refractivity (Wildman–Crippen MR) is 551 cm³/mol. The smallest absolute Gasteiger partial charge is 0.406 e. The van der Waals surface area contributed by atoms with Crippen molar-refractivity contribution in [2.45, 2.75) is 185 Å². The summed E-state index contributed by atoms with van der Waals surface area (Å²) in [5.41, 5.74) is 14.6. The van der Waals surface area contributed by atoms with E-state index in [0.29, 0.717) is 121 Å². The number of nitrogens with one attached hydrogen (secondary N) is 5. The highest BCUT2D eigenvalue weighted by Crippen LogP contribution is 2.45. The number of thiazole rings is 5. The number of anilines is 10. The zero-order valence-corrected chi connectivity index (χ0v) is 85.2. The molecule has 42 heteroatoms. The van der Waals surface area contributed by atoms with Crippen LogP contribution in [0.2, 0.25) is 0 Å². The van der Waals surface area contributed by atoms with Gasteiger partial charge in [-0.3, -0.25) is 0 Å². The van der Waals surface area contributed by atoms with E-state index in [2.05, 4.69) is 98.3 Å². The molecular weight excluding hydrogens is 1960 g/mol. The van der Waals surface area contributed by atoms with Crippen molar-refractivity contribution in [1.29, 1.82) is 0 Å². The van der Waals surface area contributed by atoms with Crippen molar-refractivity contribution in [3.63, 3.8) is 0 Å². The average molecular weight is 2060 g/mol. The lowest BCUT2D eigenvalue weighted by molar-refractivity contribution is -0.141. The van der Waals surface area contributed by atoms with Crippen LogP contribution >= 0.6 is 56.7 Å². The van der Waals surface area contributed by atoms with Crippen LogP contribution in [0.3, 0.4) is 0 Å². The highest BCUT2D eigenvalue weighted by Gasteiger charge is 2.33. The first-order valence-electron chi connectivity index (χ1n) is 45.3. The summed E-state index contributed by atoms with van der Waals surface area (Å²) in [6.07, 6.45) is -5.80. The van der Waals surface area contributed by atoms with E-state index in [4.69, 9.17) is 33.9 Å². The summed E-state index contributed by atoms with van der Waals surface area (Å²) in [5.74, 6) is 4.28. The number of fused-ring (bicyclic) bond motifs is 15. The molecule has 0 aliphatic rings. The van der Waals surface area contributed by atoms with Crippen molar-refractivity contribution in [2.75, 3.05) is 32.8 Å². The Kier molecular flexibility index (Phi) is 29.7. The Bertz CT molecular complexity index is 8210. The minimum absolute atomic E-state index is 0.00609. The normalized spacial score (nSPS) is 12.0. The largest absolute Gasteiger partial charge is 0.489 e. The number of aryl methyl sites for hydroxylation is 7. The van der Waals surface area contributed by atoms with Crippen molar-refractivity contribution >= 4 is 227 Å². The second-order valence-electron chi connectivity index (χ2n) is 34.9. The highest BCUT2D eigenvalue weighted by molar-refractivity contribution is 7.90. The Morgan fingerprint density at radius 2 is 0.662 bits per heavy atom. The third kappa shape index (κ3) is 23.1. The molecule has 10 aromatic heterocycles. The minimum Gasteiger partial charge on any atom is -0.489 e. The molecule has 0 aliphatic heterocycles. The molecule has 26 nitrogen and oxygen atoms in total. The first-order valence-corrected chi connectivity index (χ1v) is 51.2. The lowest BCUT2D eigenvalue weighted by atomic mass is 10.0. The van der Waals surface area contributed by atoms with E-state index in [1.165, 1.54) is 131 Å². The Morgan fingerprint density at radius 3 is 1.01 bits per heavy atom. The Balaban J connectivity index is 0.000000128. The molecule has 10 heterocycles. The molecule has 0 amide bonds. The summed E-state index contributed by atoms with van der Waals surface area (Å²) >= 11 is 7.11. The van der Waals surface area contributed by atoms with Crippen molar-refractivity contribution in [3.8, 4) is 23.0 Å². The Labute approximate surface area is 829 Å². The fourth-order valence-electron chi connectivity index (χ4n) is 16.2. The molecule has 0 bridgehead atoms. The molecule has 0 unspecified atom stereocenters. The van der Waals surface area contributed by atoms with Gasteiger partial charge in [0.2, 0.25) is 0 Å². The highest BCUT2D eigenvalue weighted by atomic mass is 32.2. The van der Waals surface area contributed by atoms with Gasteiger partial charge in [-0.25, -0.2) is 75.8 Å². The molecule has 0 radical (unpaired) electrons. The van der Waals surface area contributed by atoms with E-state index in [9.17, 15) is 52.3 Å². The summed E-state index contributed by atoms with van der Waals surface area (Å²) < 4.78 is 193. The summed E-state index contributed by atoms with van der Waals surface area (Å²) in [4.78, 5) is 45.6. The topological polar surface area (TPSA) is 285 Å². The van der Waals surface area contributed by atoms with E-state index in [-0.39, 0.29) is 52.6 Å². The Morgan fingerprint density at radius 1 is 0.359 bits per heavy atom. The maximum Gasteiger partial charge on any atom is 0.406 e. The van der Waals surface area contributed by atoms with Crippen molar-refractivity contribution in [2.24, 2.45) is 13.0 Å². The van der Waals surface area contributed by atoms with Crippen LogP contribution in [-0.2, 0) is 49.5 Å². The molecule has 20 rings (SSSR count). The van der Waals surface area contributed by atoms with Crippen LogP contribution in [0, 0.1) is 56.9 Å². The molecule has 20 aromatic rings. The van der Waals surface area contributed by atoms with Gasteiger partial charge >= 0.3 is 12.4 Å². The molecule has 5 N–H and O–H groups in total. The number of alkyl halides is 6. The fourth-order valence-corrected chi connectivity index (χ4v) is 21.2. The molecule has 0 saturated heterocycles.